The predicted octanol–water partition coefficient (Wildman–Crippen LogP) is 1.97. The largest absolute Gasteiger partial charge is 0.379 e. The Hall–Kier alpha value is -3.78. The third kappa shape index (κ3) is 7.29. The highest BCUT2D eigenvalue weighted by Crippen LogP contribution is 2.35. The Morgan fingerprint density at radius 3 is 2.23 bits per heavy atom. The number of rotatable bonds is 8. The first-order valence-electron chi connectivity index (χ1n) is 15.6. The molecule has 2 atom stereocenters. The molecule has 2 aromatic rings. The quantitative estimate of drug-likeness (QED) is 0.399. The number of halogens is 1. The van der Waals surface area contributed by atoms with Gasteiger partial charge in [0.1, 0.15) is 11.7 Å². The van der Waals surface area contributed by atoms with Crippen LogP contribution in [0.25, 0.3) is 0 Å². The number of nitrogens with two attached hydrogens (primary N) is 1. The van der Waals surface area contributed by atoms with Crippen LogP contribution in [0, 0.1) is 17.8 Å². The van der Waals surface area contributed by atoms with Crippen LogP contribution < -0.4 is 16.4 Å². The lowest BCUT2D eigenvalue weighted by Gasteiger charge is -2.39. The average Bonchev–Trinajstić information content (AvgIpc) is 3.80. The summed E-state index contributed by atoms with van der Waals surface area (Å²) in [5, 5.41) is 5.89. The minimum absolute atomic E-state index is 0.0168. The molecule has 44 heavy (non-hydrogen) atoms. The fraction of sp³-hybridized carbons (Fsp3) is 0.500. The Morgan fingerprint density at radius 2 is 1.61 bits per heavy atom. The molecule has 0 bridgehead atoms. The van der Waals surface area contributed by atoms with E-state index in [1.54, 1.807) is 17.0 Å². The number of morpholine rings is 1. The van der Waals surface area contributed by atoms with Crippen molar-refractivity contribution >= 4 is 17.7 Å². The molecule has 10 heteroatoms. The van der Waals surface area contributed by atoms with E-state index >= 15 is 0 Å². The number of amides is 3. The third-order valence-corrected chi connectivity index (χ3v) is 9.04. The summed E-state index contributed by atoms with van der Waals surface area (Å²) in [7, 11) is 0. The van der Waals surface area contributed by atoms with Crippen LogP contribution in [0.1, 0.15) is 59.2 Å². The predicted molar refractivity (Wildman–Crippen MR) is 163 cm³/mol. The summed E-state index contributed by atoms with van der Waals surface area (Å²) in [5.41, 5.74) is 8.36. The molecule has 2 aromatic carbocycles. The van der Waals surface area contributed by atoms with Crippen LogP contribution in [0.15, 0.2) is 48.5 Å². The van der Waals surface area contributed by atoms with Crippen LogP contribution >= 0.6 is 0 Å². The number of hydrogen-bond acceptors (Lipinski definition) is 6. The Bertz CT molecular complexity index is 1420. The van der Waals surface area contributed by atoms with Crippen LogP contribution in [0.5, 0.6) is 0 Å². The van der Waals surface area contributed by atoms with Crippen molar-refractivity contribution in [1.82, 2.24) is 20.4 Å². The van der Waals surface area contributed by atoms with Gasteiger partial charge in [0.25, 0.3) is 5.91 Å². The summed E-state index contributed by atoms with van der Waals surface area (Å²) in [6.07, 6.45) is 1.22. The van der Waals surface area contributed by atoms with Gasteiger partial charge < -0.3 is 26.0 Å². The molecule has 2 aliphatic carbocycles. The van der Waals surface area contributed by atoms with Gasteiger partial charge in [0.15, 0.2) is 0 Å². The van der Waals surface area contributed by atoms with E-state index in [9.17, 15) is 18.8 Å². The highest BCUT2D eigenvalue weighted by molar-refractivity contribution is 5.94. The van der Waals surface area contributed by atoms with E-state index in [1.807, 2.05) is 24.3 Å². The zero-order valence-electron chi connectivity index (χ0n) is 24.9. The zero-order chi connectivity index (χ0) is 30.7. The Balaban J connectivity index is 1.01. The van der Waals surface area contributed by atoms with Crippen molar-refractivity contribution in [2.75, 3.05) is 39.4 Å². The third-order valence-electron chi connectivity index (χ3n) is 9.04. The lowest BCUT2D eigenvalue weighted by molar-refractivity contribution is -0.134. The number of hydrogen-bond donors (Lipinski definition) is 3. The van der Waals surface area contributed by atoms with E-state index in [0.29, 0.717) is 18.5 Å². The van der Waals surface area contributed by atoms with Crippen LogP contribution in [-0.2, 0) is 20.9 Å². The first-order chi connectivity index (χ1) is 21.3. The van der Waals surface area contributed by atoms with Gasteiger partial charge in [0.2, 0.25) is 11.8 Å². The van der Waals surface area contributed by atoms with E-state index in [2.05, 4.69) is 39.5 Å². The summed E-state index contributed by atoms with van der Waals surface area (Å²) in [4.78, 5) is 42.8. The summed E-state index contributed by atoms with van der Waals surface area (Å²) >= 11 is 0. The van der Waals surface area contributed by atoms with Crippen LogP contribution in [0.2, 0.25) is 0 Å². The fourth-order valence-corrected chi connectivity index (χ4v) is 6.17. The van der Waals surface area contributed by atoms with Gasteiger partial charge in [0, 0.05) is 74.2 Å². The summed E-state index contributed by atoms with van der Waals surface area (Å²) in [6.45, 7) is 5.01. The van der Waals surface area contributed by atoms with Crippen molar-refractivity contribution in [2.24, 2.45) is 11.7 Å². The molecule has 2 heterocycles. The minimum atomic E-state index is -1.18. The second kappa shape index (κ2) is 13.1. The number of nitrogens with one attached hydrogen (secondary N) is 2. The van der Waals surface area contributed by atoms with Gasteiger partial charge in [-0.3, -0.25) is 19.3 Å². The van der Waals surface area contributed by atoms with Crippen LogP contribution in [0.3, 0.4) is 0 Å². The Morgan fingerprint density at radius 1 is 0.977 bits per heavy atom. The fourth-order valence-electron chi connectivity index (χ4n) is 6.17. The number of benzene rings is 2. The molecule has 4 aliphatic rings. The normalized spacial score (nSPS) is 26.7. The topological polar surface area (TPSA) is 117 Å². The van der Waals surface area contributed by atoms with Gasteiger partial charge in [-0.25, -0.2) is 4.39 Å². The van der Waals surface area contributed by atoms with Gasteiger partial charge in [-0.1, -0.05) is 24.0 Å². The first kappa shape index (κ1) is 30.3. The molecule has 4 N–H and O–H groups in total. The maximum atomic E-state index is 13.4. The lowest BCUT2D eigenvalue weighted by Crippen LogP contribution is -2.64. The average molecular weight is 602 g/mol. The molecule has 0 aromatic heterocycles. The summed E-state index contributed by atoms with van der Waals surface area (Å²) < 4.78 is 18.8. The molecular formula is C34H40FN5O4. The second-order valence-electron chi connectivity index (χ2n) is 12.6. The molecule has 0 spiro atoms. The van der Waals surface area contributed by atoms with Crippen molar-refractivity contribution < 1.29 is 23.5 Å². The maximum Gasteiger partial charge on any atom is 0.251 e. The Labute approximate surface area is 257 Å². The van der Waals surface area contributed by atoms with Gasteiger partial charge in [-0.15, -0.1) is 0 Å². The summed E-state index contributed by atoms with van der Waals surface area (Å²) in [6, 6.07) is 14.9. The SMILES string of the molecule is NC1(C(=O)N[C@@H]2C[C@H](CNC(=O)c3ccc(C#Cc4ccc(CN5CCOCC5)cc4)cc3)N(C(=O)C3CC3)C2)CC(F)C1. The second-order valence-corrected chi connectivity index (χ2v) is 12.6. The van der Waals surface area contributed by atoms with Crippen LogP contribution in [-0.4, -0.2) is 90.7 Å². The number of nitrogens with zero attached hydrogens (tertiary/aromatic N) is 2. The number of likely N-dealkylation sites (tertiary alicyclic amines) is 1. The minimum Gasteiger partial charge on any atom is -0.379 e. The van der Waals surface area contributed by atoms with Crippen molar-refractivity contribution in [1.29, 1.82) is 0 Å². The molecule has 2 saturated carbocycles. The molecule has 232 valence electrons. The van der Waals surface area contributed by atoms with Gasteiger partial charge in [-0.2, -0.15) is 0 Å². The van der Waals surface area contributed by atoms with Gasteiger partial charge >= 0.3 is 0 Å². The molecular weight excluding hydrogens is 561 g/mol. The van der Waals surface area contributed by atoms with Crippen LogP contribution in [0.4, 0.5) is 4.39 Å². The van der Waals surface area contributed by atoms with E-state index in [0.717, 1.165) is 56.8 Å². The standard InChI is InChI=1S/C34H40FN5O4/c35-28-18-34(36,19-28)33(43)38-29-17-30(40(22-29)32(42)27-11-12-27)20-37-31(41)26-9-7-24(8-10-26)2-1-23-3-5-25(6-4-23)21-39-13-15-44-16-14-39/h3-10,27-30H,11-22,36H2,(H,37,41)(H,38,43)/t28?,29-,30-,34?/m1/s1. The molecule has 2 aliphatic heterocycles. The lowest BCUT2D eigenvalue weighted by atomic mass is 9.75. The molecule has 9 nitrogen and oxygen atoms in total. The summed E-state index contributed by atoms with van der Waals surface area (Å²) in [5.74, 6) is 5.82. The number of alkyl halides is 1. The van der Waals surface area contributed by atoms with Gasteiger partial charge in [0.05, 0.1) is 19.3 Å². The van der Waals surface area contributed by atoms with E-state index < -0.39 is 11.7 Å². The first-order valence-corrected chi connectivity index (χ1v) is 15.6. The number of carbonyl (C=O) groups is 3. The van der Waals surface area contributed by atoms with Crippen molar-refractivity contribution in [3.63, 3.8) is 0 Å². The molecule has 3 amide bonds. The highest BCUT2D eigenvalue weighted by atomic mass is 19.1. The maximum absolute atomic E-state index is 13.4. The molecule has 2 saturated heterocycles. The van der Waals surface area contributed by atoms with E-state index in [-0.39, 0.29) is 55.1 Å². The molecule has 0 unspecified atom stereocenters. The van der Waals surface area contributed by atoms with E-state index in [4.69, 9.17) is 10.5 Å². The smallest absolute Gasteiger partial charge is 0.251 e. The monoisotopic (exact) mass is 601 g/mol. The van der Waals surface area contributed by atoms with Crippen molar-refractivity contribution in [3.05, 3.63) is 70.8 Å². The van der Waals surface area contributed by atoms with Gasteiger partial charge in [-0.05, 0) is 61.2 Å². The molecule has 0 radical (unpaired) electrons. The number of carbonyl (C=O) groups excluding carboxylic acids is 3. The highest BCUT2D eigenvalue weighted by Gasteiger charge is 2.49. The van der Waals surface area contributed by atoms with Crippen molar-refractivity contribution in [2.45, 2.75) is 62.4 Å². The van der Waals surface area contributed by atoms with E-state index in [1.165, 1.54) is 5.56 Å². The van der Waals surface area contributed by atoms with Crippen molar-refractivity contribution in [3.8, 4) is 11.8 Å². The molecule has 6 rings (SSSR count). The zero-order valence-corrected chi connectivity index (χ0v) is 24.9. The Kier molecular flexibility index (Phi) is 8.98. The number of ether oxygens (including phenoxy) is 1. The molecule has 4 fully saturated rings.